The van der Waals surface area contributed by atoms with Crippen LogP contribution in [0, 0.1) is 11.8 Å². The molecule has 13 heteroatoms. The van der Waals surface area contributed by atoms with Gasteiger partial charge in [0.1, 0.15) is 28.6 Å². The Kier molecular flexibility index (Phi) is 6.97. The van der Waals surface area contributed by atoms with Crippen molar-refractivity contribution >= 4 is 17.5 Å². The van der Waals surface area contributed by atoms with Crippen LogP contribution in [0.25, 0.3) is 0 Å². The van der Waals surface area contributed by atoms with Gasteiger partial charge in [0.25, 0.3) is 12.3 Å². The average Bonchev–Trinajstić information content (AvgIpc) is 2.80. The molecule has 4 atom stereocenters. The van der Waals surface area contributed by atoms with E-state index in [1.807, 2.05) is 0 Å². The number of rotatable bonds is 7. The Morgan fingerprint density at radius 3 is 2.50 bits per heavy atom. The third-order valence-corrected chi connectivity index (χ3v) is 7.57. The smallest absolute Gasteiger partial charge is 0.255 e. The van der Waals surface area contributed by atoms with E-state index in [4.69, 9.17) is 10.5 Å². The Balaban J connectivity index is 1.88. The van der Waals surface area contributed by atoms with Crippen molar-refractivity contribution in [1.82, 2.24) is 10.2 Å². The number of aromatic hydroxyl groups is 1. The number of amides is 1. The number of nitrogens with two attached hydrogens (primary N) is 1. The van der Waals surface area contributed by atoms with E-state index in [1.54, 1.807) is 0 Å². The van der Waals surface area contributed by atoms with Crippen molar-refractivity contribution in [3.8, 4) is 11.5 Å². The second-order valence-corrected chi connectivity index (χ2v) is 9.93. The van der Waals surface area contributed by atoms with E-state index in [-0.39, 0.29) is 41.8 Å². The first-order chi connectivity index (χ1) is 17.8. The summed E-state index contributed by atoms with van der Waals surface area (Å²) in [4.78, 5) is 40.4. The number of fused-ring (bicyclic) bond motifs is 3. The van der Waals surface area contributed by atoms with Gasteiger partial charge >= 0.3 is 0 Å². The van der Waals surface area contributed by atoms with Crippen molar-refractivity contribution < 1.29 is 48.3 Å². The number of nitrogens with one attached hydrogen (secondary N) is 1. The van der Waals surface area contributed by atoms with Gasteiger partial charge in [-0.25, -0.2) is 8.78 Å². The van der Waals surface area contributed by atoms with Crippen LogP contribution in [0.4, 0.5) is 8.78 Å². The molecule has 1 aromatic rings. The molecule has 0 heterocycles. The number of alkyl halides is 2. The molecule has 11 nitrogen and oxygen atoms in total. The molecule has 0 saturated carbocycles. The van der Waals surface area contributed by atoms with Gasteiger partial charge in [0.15, 0.2) is 11.4 Å². The van der Waals surface area contributed by atoms with Crippen LogP contribution in [0.3, 0.4) is 0 Å². The number of ether oxygens (including phenoxy) is 1. The van der Waals surface area contributed by atoms with Crippen LogP contribution in [-0.2, 0) is 22.6 Å². The molecule has 3 aliphatic carbocycles. The van der Waals surface area contributed by atoms with Gasteiger partial charge in [-0.15, -0.1) is 0 Å². The number of phenolic OH excluding ortho intramolecular Hbond substituents is 1. The highest BCUT2D eigenvalue weighted by Gasteiger charge is 2.63. The minimum absolute atomic E-state index is 0.0218. The summed E-state index contributed by atoms with van der Waals surface area (Å²) >= 11 is 0. The van der Waals surface area contributed by atoms with E-state index in [9.17, 15) is 43.6 Å². The zero-order valence-electron chi connectivity index (χ0n) is 20.9. The first-order valence-electron chi connectivity index (χ1n) is 11.8. The lowest BCUT2D eigenvalue weighted by Crippen LogP contribution is -2.63. The SMILES string of the molecule is COc1c(CNCC(F)F)cc(O)c2c1C[C@H]1C[C@H]3[C@H](N(C)C)C(O)=C(C(N)=O)C(=O)[C@@]3(O)C(O)=C1C2=O. The second kappa shape index (κ2) is 9.64. The Morgan fingerprint density at radius 1 is 1.29 bits per heavy atom. The van der Waals surface area contributed by atoms with E-state index in [1.165, 1.54) is 32.2 Å². The van der Waals surface area contributed by atoms with Crippen molar-refractivity contribution in [3.63, 3.8) is 0 Å². The van der Waals surface area contributed by atoms with Crippen LogP contribution in [0.1, 0.15) is 27.9 Å². The topological polar surface area (TPSA) is 183 Å². The van der Waals surface area contributed by atoms with E-state index in [0.29, 0.717) is 5.56 Å². The van der Waals surface area contributed by atoms with Crippen LogP contribution in [0.5, 0.6) is 11.5 Å². The third-order valence-electron chi connectivity index (χ3n) is 7.57. The molecule has 3 aliphatic rings. The molecule has 1 amide bonds. The van der Waals surface area contributed by atoms with Gasteiger partial charge in [-0.1, -0.05) is 0 Å². The van der Waals surface area contributed by atoms with Crippen molar-refractivity contribution in [3.05, 3.63) is 45.4 Å². The first kappa shape index (κ1) is 27.5. The Labute approximate surface area is 216 Å². The maximum absolute atomic E-state index is 13.6. The summed E-state index contributed by atoms with van der Waals surface area (Å²) in [7, 11) is 4.40. The molecule has 1 aromatic carbocycles. The molecule has 0 spiro atoms. The molecule has 0 saturated heterocycles. The van der Waals surface area contributed by atoms with Crippen molar-refractivity contribution in [2.45, 2.75) is 37.5 Å². The van der Waals surface area contributed by atoms with Crippen LogP contribution in [0.2, 0.25) is 0 Å². The van der Waals surface area contributed by atoms with E-state index in [2.05, 4.69) is 5.32 Å². The van der Waals surface area contributed by atoms with Crippen LogP contribution >= 0.6 is 0 Å². The lowest BCUT2D eigenvalue weighted by atomic mass is 9.58. The molecule has 0 radical (unpaired) electrons. The van der Waals surface area contributed by atoms with Crippen LogP contribution in [-0.4, -0.2) is 88.6 Å². The number of methoxy groups -OCH3 is 1. The molecular formula is C25H29F2N3O8. The number of aliphatic hydroxyl groups is 3. The second-order valence-electron chi connectivity index (χ2n) is 9.93. The quantitative estimate of drug-likeness (QED) is 0.268. The number of nitrogens with zero attached hydrogens (tertiary/aromatic N) is 1. The lowest BCUT2D eigenvalue weighted by molar-refractivity contribution is -0.148. The highest BCUT2D eigenvalue weighted by Crippen LogP contribution is 2.53. The number of hydrogen-bond acceptors (Lipinski definition) is 10. The summed E-state index contributed by atoms with van der Waals surface area (Å²) in [6, 6.07) is 0.0761. The summed E-state index contributed by atoms with van der Waals surface area (Å²) in [5.41, 5.74) is 1.77. The number of hydrogen-bond donors (Lipinski definition) is 6. The predicted octanol–water partition coefficient (Wildman–Crippen LogP) is 0.484. The number of Topliss-reactive ketones (excluding diaryl/α,β-unsaturated/α-hetero) is 2. The van der Waals surface area contributed by atoms with Gasteiger partial charge in [0.2, 0.25) is 5.78 Å². The molecule has 38 heavy (non-hydrogen) atoms. The zero-order chi connectivity index (χ0) is 28.3. The molecule has 4 rings (SSSR count). The van der Waals surface area contributed by atoms with Gasteiger partial charge in [-0.2, -0.15) is 0 Å². The van der Waals surface area contributed by atoms with E-state index < -0.39 is 76.8 Å². The number of phenols is 1. The fourth-order valence-electron chi connectivity index (χ4n) is 6.06. The lowest BCUT2D eigenvalue weighted by Gasteiger charge is -2.50. The van der Waals surface area contributed by atoms with E-state index in [0.717, 1.165) is 0 Å². The molecule has 0 aliphatic heterocycles. The van der Waals surface area contributed by atoms with Crippen LogP contribution in [0.15, 0.2) is 28.7 Å². The molecule has 7 N–H and O–H groups in total. The summed E-state index contributed by atoms with van der Waals surface area (Å²) in [5.74, 6) is -7.38. The molecular weight excluding hydrogens is 508 g/mol. The monoisotopic (exact) mass is 537 g/mol. The summed E-state index contributed by atoms with van der Waals surface area (Å²) in [6.45, 7) is -0.691. The normalized spacial score (nSPS) is 27.0. The zero-order valence-corrected chi connectivity index (χ0v) is 20.9. The number of halogens is 2. The summed E-state index contributed by atoms with van der Waals surface area (Å²) in [6.07, 6.45) is -2.66. The average molecular weight is 538 g/mol. The van der Waals surface area contributed by atoms with Crippen molar-refractivity contribution in [1.29, 1.82) is 0 Å². The maximum atomic E-state index is 13.6. The number of carbonyl (C=O) groups is 3. The minimum atomic E-state index is -2.73. The van der Waals surface area contributed by atoms with Gasteiger partial charge in [0.05, 0.1) is 25.3 Å². The Hall–Kier alpha value is -3.55. The highest BCUT2D eigenvalue weighted by molar-refractivity contribution is 6.24. The maximum Gasteiger partial charge on any atom is 0.255 e. The minimum Gasteiger partial charge on any atom is -0.510 e. The van der Waals surface area contributed by atoms with Crippen molar-refractivity contribution in [2.75, 3.05) is 27.7 Å². The predicted molar refractivity (Wildman–Crippen MR) is 128 cm³/mol. The summed E-state index contributed by atoms with van der Waals surface area (Å²) < 4.78 is 30.7. The van der Waals surface area contributed by atoms with E-state index >= 15 is 0 Å². The van der Waals surface area contributed by atoms with Gasteiger partial charge in [0, 0.05) is 29.2 Å². The molecule has 206 valence electrons. The van der Waals surface area contributed by atoms with Gasteiger partial charge in [-0.3, -0.25) is 19.3 Å². The van der Waals surface area contributed by atoms with Gasteiger partial charge in [-0.05, 0) is 38.9 Å². The highest BCUT2D eigenvalue weighted by atomic mass is 19.3. The standard InChI is InChI=1S/C25H29F2N3O8/c1-30(2)18-12-5-9-4-11-16(13(31)6-10(21(11)38-3)7-29-8-14(26)27)19(32)15(9)22(34)25(12,37)23(35)17(20(18)33)24(28)36/h6,9,12,14,18,29,31,33-34,37H,4-5,7-8H2,1-3H3,(H2,28,36)/t9-,12-,18-,25-/m0/s1. The Bertz CT molecular complexity index is 1290. The van der Waals surface area contributed by atoms with Gasteiger partial charge < -0.3 is 36.2 Å². The molecule has 0 unspecified atom stereocenters. The molecule has 0 bridgehead atoms. The number of carbonyl (C=O) groups excluding carboxylic acids is 3. The third kappa shape index (κ3) is 3.92. The number of ketones is 2. The first-order valence-corrected chi connectivity index (χ1v) is 11.8. The number of primary amides is 1. The molecule has 0 fully saturated rings. The largest absolute Gasteiger partial charge is 0.510 e. The summed E-state index contributed by atoms with van der Waals surface area (Å²) in [5, 5.41) is 46.9. The molecule has 0 aromatic heterocycles. The number of allylic oxidation sites excluding steroid dienone is 1. The van der Waals surface area contributed by atoms with Crippen molar-refractivity contribution in [2.24, 2.45) is 17.6 Å². The fourth-order valence-corrected chi connectivity index (χ4v) is 6.06. The number of likely N-dealkylation sites (N-methyl/N-ethyl adjacent to an activating group) is 1. The van der Waals surface area contributed by atoms with Crippen LogP contribution < -0.4 is 15.8 Å². The number of aliphatic hydroxyl groups excluding tert-OH is 2. The fraction of sp³-hybridized carbons (Fsp3) is 0.480. The Morgan fingerprint density at radius 2 is 1.95 bits per heavy atom. The number of benzene rings is 1.